The van der Waals surface area contributed by atoms with Gasteiger partial charge in [-0.05, 0) is 13.0 Å². The maximum atomic E-state index is 14.2. The molecule has 3 rings (SSSR count). The van der Waals surface area contributed by atoms with Crippen LogP contribution in [-0.2, 0) is 9.53 Å². The molecule has 2 heterocycles. The summed E-state index contributed by atoms with van der Waals surface area (Å²) in [7, 11) is 0. The fourth-order valence-electron chi connectivity index (χ4n) is 2.88. The zero-order valence-electron chi connectivity index (χ0n) is 13.1. The van der Waals surface area contributed by atoms with Crippen molar-refractivity contribution in [2.75, 3.05) is 26.3 Å². The summed E-state index contributed by atoms with van der Waals surface area (Å²) in [5.41, 5.74) is 0.633. The topological polar surface area (TPSA) is 70.7 Å². The summed E-state index contributed by atoms with van der Waals surface area (Å²) in [6.07, 6.45) is 0. The normalized spacial score (nSPS) is 21.4. The fourth-order valence-corrected chi connectivity index (χ4v) is 2.88. The molecule has 0 bridgehead atoms. The Balaban J connectivity index is 2.00. The first kappa shape index (κ1) is 16.4. The lowest BCUT2D eigenvalue weighted by Gasteiger charge is -2.34. The van der Waals surface area contributed by atoms with Crippen LogP contribution in [0.1, 0.15) is 18.5 Å². The maximum Gasteiger partial charge on any atom is 0.319 e. The van der Waals surface area contributed by atoms with Gasteiger partial charge < -0.3 is 20.3 Å². The lowest BCUT2D eigenvalue weighted by atomic mass is 9.94. The van der Waals surface area contributed by atoms with Gasteiger partial charge in [0.15, 0.2) is 0 Å². The van der Waals surface area contributed by atoms with Gasteiger partial charge in [-0.15, -0.1) is 0 Å². The highest BCUT2D eigenvalue weighted by Crippen LogP contribution is 2.30. The molecule has 2 aliphatic rings. The number of ether oxygens (including phenoxy) is 1. The molecule has 1 aromatic rings. The lowest BCUT2D eigenvalue weighted by molar-refractivity contribution is -0.131. The number of morpholine rings is 1. The van der Waals surface area contributed by atoms with Crippen molar-refractivity contribution in [2.24, 2.45) is 0 Å². The predicted molar refractivity (Wildman–Crippen MR) is 80.9 cm³/mol. The van der Waals surface area contributed by atoms with E-state index in [0.29, 0.717) is 32.0 Å². The Kier molecular flexibility index (Phi) is 4.48. The van der Waals surface area contributed by atoms with Crippen molar-refractivity contribution in [3.63, 3.8) is 0 Å². The molecule has 1 fully saturated rings. The van der Waals surface area contributed by atoms with Crippen LogP contribution in [0, 0.1) is 11.6 Å². The minimum absolute atomic E-state index is 0.0437. The zero-order valence-corrected chi connectivity index (χ0v) is 13.1. The van der Waals surface area contributed by atoms with E-state index in [-0.39, 0.29) is 17.0 Å². The number of carbonyl (C=O) groups excluding carboxylic acids is 2. The molecule has 0 aromatic heterocycles. The Labute approximate surface area is 137 Å². The van der Waals surface area contributed by atoms with Gasteiger partial charge in [-0.25, -0.2) is 13.6 Å². The Morgan fingerprint density at radius 3 is 2.67 bits per heavy atom. The first-order chi connectivity index (χ1) is 11.5. The van der Waals surface area contributed by atoms with Gasteiger partial charge in [-0.2, -0.15) is 0 Å². The first-order valence-corrected chi connectivity index (χ1v) is 7.57. The second-order valence-electron chi connectivity index (χ2n) is 5.64. The van der Waals surface area contributed by atoms with E-state index in [2.05, 4.69) is 10.6 Å². The molecule has 0 unspecified atom stereocenters. The highest BCUT2D eigenvalue weighted by molar-refractivity contribution is 5.98. The van der Waals surface area contributed by atoms with Crippen molar-refractivity contribution >= 4 is 11.9 Å². The standard InChI is InChI=1S/C16H17F2N3O3/c1-9-13(15(22)21-4-6-24-7-5-21)14(20-16(23)19-9)11-3-2-10(17)8-12(11)18/h2-3,8,14H,4-7H2,1H3,(H2,19,20,23)/t14-/m0/s1. The molecule has 0 saturated carbocycles. The van der Waals surface area contributed by atoms with Gasteiger partial charge >= 0.3 is 6.03 Å². The van der Waals surface area contributed by atoms with E-state index >= 15 is 0 Å². The summed E-state index contributed by atoms with van der Waals surface area (Å²) in [4.78, 5) is 26.2. The summed E-state index contributed by atoms with van der Waals surface area (Å²) < 4.78 is 32.6. The number of amides is 3. The fraction of sp³-hybridized carbons (Fsp3) is 0.375. The highest BCUT2D eigenvalue weighted by atomic mass is 19.1. The third kappa shape index (κ3) is 3.09. The average Bonchev–Trinajstić information content (AvgIpc) is 2.54. The van der Waals surface area contributed by atoms with Crippen molar-refractivity contribution in [3.05, 3.63) is 46.7 Å². The number of nitrogens with one attached hydrogen (secondary N) is 2. The molecule has 1 aromatic carbocycles. The van der Waals surface area contributed by atoms with Crippen molar-refractivity contribution in [1.82, 2.24) is 15.5 Å². The Morgan fingerprint density at radius 2 is 2.00 bits per heavy atom. The molecule has 2 N–H and O–H groups in total. The van der Waals surface area contributed by atoms with Gasteiger partial charge in [0.25, 0.3) is 5.91 Å². The van der Waals surface area contributed by atoms with Crippen LogP contribution < -0.4 is 10.6 Å². The van der Waals surface area contributed by atoms with Crippen molar-refractivity contribution < 1.29 is 23.1 Å². The van der Waals surface area contributed by atoms with Crippen molar-refractivity contribution in [2.45, 2.75) is 13.0 Å². The number of halogens is 2. The smallest absolute Gasteiger partial charge is 0.319 e. The molecule has 0 spiro atoms. The molecular weight excluding hydrogens is 320 g/mol. The molecule has 1 atom stereocenters. The Hall–Kier alpha value is -2.48. The third-order valence-corrected chi connectivity index (χ3v) is 4.07. The molecule has 1 saturated heterocycles. The summed E-state index contributed by atoms with van der Waals surface area (Å²) in [6, 6.07) is 1.55. The molecule has 6 nitrogen and oxygen atoms in total. The van der Waals surface area contributed by atoms with Crippen LogP contribution in [-0.4, -0.2) is 43.1 Å². The van der Waals surface area contributed by atoms with Crippen molar-refractivity contribution in [3.8, 4) is 0 Å². The number of carbonyl (C=O) groups is 2. The quantitative estimate of drug-likeness (QED) is 0.858. The molecule has 0 radical (unpaired) electrons. The molecular formula is C16H17F2N3O3. The summed E-state index contributed by atoms with van der Waals surface area (Å²) in [6.45, 7) is 3.27. The number of hydrogen-bond acceptors (Lipinski definition) is 3. The molecule has 2 aliphatic heterocycles. The summed E-state index contributed by atoms with van der Waals surface area (Å²) >= 11 is 0. The monoisotopic (exact) mass is 337 g/mol. The molecule has 128 valence electrons. The first-order valence-electron chi connectivity index (χ1n) is 7.57. The summed E-state index contributed by atoms with van der Waals surface area (Å²) in [5.74, 6) is -1.85. The third-order valence-electron chi connectivity index (χ3n) is 4.07. The van der Waals surface area contributed by atoms with E-state index in [1.807, 2.05) is 0 Å². The van der Waals surface area contributed by atoms with Gasteiger partial charge in [-0.1, -0.05) is 6.07 Å². The SMILES string of the molecule is CC1=C(C(=O)N2CCOCC2)[C@H](c2ccc(F)cc2F)NC(=O)N1. The maximum absolute atomic E-state index is 14.2. The Bertz CT molecular complexity index is 715. The van der Waals surface area contributed by atoms with E-state index in [9.17, 15) is 18.4 Å². The van der Waals surface area contributed by atoms with Gasteiger partial charge in [0.05, 0.1) is 24.8 Å². The predicted octanol–water partition coefficient (Wildman–Crippen LogP) is 1.45. The second kappa shape index (κ2) is 6.56. The van der Waals surface area contributed by atoms with Crippen LogP contribution in [0.2, 0.25) is 0 Å². The van der Waals surface area contributed by atoms with Crippen molar-refractivity contribution in [1.29, 1.82) is 0 Å². The lowest BCUT2D eigenvalue weighted by Crippen LogP contribution is -2.49. The van der Waals surface area contributed by atoms with Crippen LogP contribution in [0.3, 0.4) is 0 Å². The van der Waals surface area contributed by atoms with Crippen LogP contribution in [0.15, 0.2) is 29.5 Å². The molecule has 8 heteroatoms. The number of benzene rings is 1. The van der Waals surface area contributed by atoms with Crippen LogP contribution in [0.5, 0.6) is 0 Å². The highest BCUT2D eigenvalue weighted by Gasteiger charge is 2.35. The largest absolute Gasteiger partial charge is 0.378 e. The average molecular weight is 337 g/mol. The zero-order chi connectivity index (χ0) is 17.3. The van der Waals surface area contributed by atoms with Gasteiger partial charge in [-0.3, -0.25) is 4.79 Å². The number of nitrogens with zero attached hydrogens (tertiary/aromatic N) is 1. The minimum Gasteiger partial charge on any atom is -0.378 e. The van der Waals surface area contributed by atoms with E-state index < -0.39 is 23.7 Å². The van der Waals surface area contributed by atoms with Gasteiger partial charge in [0.2, 0.25) is 0 Å². The molecule has 3 amide bonds. The van der Waals surface area contributed by atoms with E-state index in [1.54, 1.807) is 11.8 Å². The van der Waals surface area contributed by atoms with E-state index in [1.165, 1.54) is 6.07 Å². The number of rotatable bonds is 2. The van der Waals surface area contributed by atoms with Gasteiger partial charge in [0, 0.05) is 30.4 Å². The second-order valence-corrected chi connectivity index (χ2v) is 5.64. The molecule has 24 heavy (non-hydrogen) atoms. The van der Waals surface area contributed by atoms with Crippen LogP contribution in [0.4, 0.5) is 13.6 Å². The van der Waals surface area contributed by atoms with Gasteiger partial charge in [0.1, 0.15) is 11.6 Å². The van der Waals surface area contributed by atoms with E-state index in [4.69, 9.17) is 4.74 Å². The molecule has 0 aliphatic carbocycles. The number of hydrogen-bond donors (Lipinski definition) is 2. The van der Waals surface area contributed by atoms with Crippen LogP contribution >= 0.6 is 0 Å². The van der Waals surface area contributed by atoms with E-state index in [0.717, 1.165) is 12.1 Å². The Morgan fingerprint density at radius 1 is 1.29 bits per heavy atom. The minimum atomic E-state index is -0.977. The van der Waals surface area contributed by atoms with Crippen LogP contribution in [0.25, 0.3) is 0 Å². The number of urea groups is 1. The number of allylic oxidation sites excluding steroid dienone is 1. The summed E-state index contributed by atoms with van der Waals surface area (Å²) in [5, 5.41) is 5.08.